The maximum atomic E-state index is 11.2. The van der Waals surface area contributed by atoms with Crippen LogP contribution in [0.4, 0.5) is 0 Å². The predicted octanol–water partition coefficient (Wildman–Crippen LogP) is 1.07. The van der Waals surface area contributed by atoms with Crippen LogP contribution in [0.2, 0.25) is 0 Å². The van der Waals surface area contributed by atoms with Crippen molar-refractivity contribution in [3.8, 4) is 0 Å². The summed E-state index contributed by atoms with van der Waals surface area (Å²) in [5.74, 6) is 0.146. The van der Waals surface area contributed by atoms with Crippen LogP contribution in [0.25, 0.3) is 0 Å². The van der Waals surface area contributed by atoms with Crippen LogP contribution in [0.5, 0.6) is 0 Å². The van der Waals surface area contributed by atoms with Gasteiger partial charge in [-0.25, -0.2) is 0 Å². The highest BCUT2D eigenvalue weighted by Crippen LogP contribution is 2.09. The van der Waals surface area contributed by atoms with E-state index in [-0.39, 0.29) is 11.9 Å². The van der Waals surface area contributed by atoms with Crippen LogP contribution in [-0.4, -0.2) is 42.5 Å². The Bertz CT molecular complexity index is 180. The number of rotatable bonds is 2. The lowest BCUT2D eigenvalue weighted by Crippen LogP contribution is -2.39. The first kappa shape index (κ1) is 10.7. The van der Waals surface area contributed by atoms with E-state index in [1.165, 1.54) is 0 Å². The molecule has 0 radical (unpaired) electrons. The van der Waals surface area contributed by atoms with Crippen molar-refractivity contribution in [1.29, 1.82) is 0 Å². The number of carbonyl (C=O) groups is 1. The van der Waals surface area contributed by atoms with Crippen molar-refractivity contribution < 1.29 is 9.53 Å². The Morgan fingerprint density at radius 1 is 1.54 bits per heavy atom. The molecule has 0 spiro atoms. The molecule has 0 N–H and O–H groups in total. The number of ether oxygens (including phenoxy) is 1. The highest BCUT2D eigenvalue weighted by molar-refractivity contribution is 5.80. The van der Waals surface area contributed by atoms with Crippen LogP contribution in [0.3, 0.4) is 0 Å². The summed E-state index contributed by atoms with van der Waals surface area (Å²) in [4.78, 5) is 13.5. The minimum absolute atomic E-state index is 0.146. The number of ketones is 1. The van der Waals surface area contributed by atoms with Gasteiger partial charge in [0.15, 0.2) is 5.78 Å². The van der Waals surface area contributed by atoms with E-state index in [0.717, 1.165) is 19.5 Å². The van der Waals surface area contributed by atoms with Gasteiger partial charge in [0.05, 0.1) is 0 Å². The van der Waals surface area contributed by atoms with Crippen molar-refractivity contribution in [3.63, 3.8) is 0 Å². The summed E-state index contributed by atoms with van der Waals surface area (Å²) in [5.41, 5.74) is 0. The van der Waals surface area contributed by atoms with Gasteiger partial charge in [0, 0.05) is 25.7 Å². The zero-order valence-electron chi connectivity index (χ0n) is 8.75. The third kappa shape index (κ3) is 3.08. The van der Waals surface area contributed by atoms with Crippen molar-refractivity contribution >= 4 is 5.78 Å². The van der Waals surface area contributed by atoms with Crippen LogP contribution < -0.4 is 0 Å². The molecular weight excluding hydrogens is 166 g/mol. The van der Waals surface area contributed by atoms with Gasteiger partial charge < -0.3 is 4.74 Å². The zero-order valence-corrected chi connectivity index (χ0v) is 8.75. The highest BCUT2D eigenvalue weighted by atomic mass is 16.5. The van der Waals surface area contributed by atoms with E-state index >= 15 is 0 Å². The van der Waals surface area contributed by atoms with E-state index in [1.54, 1.807) is 6.92 Å². The third-order valence-corrected chi connectivity index (χ3v) is 2.49. The molecule has 0 saturated carbocycles. The van der Waals surface area contributed by atoms with Crippen molar-refractivity contribution in [3.05, 3.63) is 0 Å². The summed E-state index contributed by atoms with van der Waals surface area (Å²) in [7, 11) is 0. The van der Waals surface area contributed by atoms with Gasteiger partial charge in [0.25, 0.3) is 0 Å². The van der Waals surface area contributed by atoms with Gasteiger partial charge in [-0.1, -0.05) is 0 Å². The second-order valence-corrected chi connectivity index (χ2v) is 3.91. The van der Waals surface area contributed by atoms with Crippen molar-refractivity contribution in [2.24, 2.45) is 0 Å². The monoisotopic (exact) mass is 185 g/mol. The van der Waals surface area contributed by atoms with Crippen LogP contribution in [0, 0.1) is 0 Å². The maximum absolute atomic E-state index is 11.2. The Balaban J connectivity index is 2.54. The lowest BCUT2D eigenvalue weighted by Gasteiger charge is -2.25. The molecule has 1 heterocycles. The molecule has 1 saturated heterocycles. The van der Waals surface area contributed by atoms with Gasteiger partial charge in [-0.05, 0) is 27.2 Å². The Morgan fingerprint density at radius 2 is 2.23 bits per heavy atom. The van der Waals surface area contributed by atoms with Gasteiger partial charge >= 0.3 is 0 Å². The van der Waals surface area contributed by atoms with Crippen LogP contribution in [-0.2, 0) is 9.53 Å². The molecule has 3 heteroatoms. The molecule has 0 aromatic heterocycles. The topological polar surface area (TPSA) is 29.5 Å². The number of hydrogen-bond donors (Lipinski definition) is 0. The summed E-state index contributed by atoms with van der Waals surface area (Å²) in [6, 6.07) is 0.503. The molecule has 1 aliphatic rings. The molecule has 0 bridgehead atoms. The third-order valence-electron chi connectivity index (χ3n) is 2.49. The van der Waals surface area contributed by atoms with Crippen LogP contribution in [0.1, 0.15) is 27.2 Å². The average molecular weight is 185 g/mol. The Labute approximate surface area is 80.1 Å². The Hall–Kier alpha value is -0.410. The minimum atomic E-state index is -0.204. The summed E-state index contributed by atoms with van der Waals surface area (Å²) < 4.78 is 5.45. The Morgan fingerprint density at radius 3 is 2.77 bits per heavy atom. The number of Topliss-reactive ketones (excluding diaryl/α,β-unsaturated/α-hetero) is 1. The lowest BCUT2D eigenvalue weighted by atomic mass is 10.2. The standard InChI is InChI=1S/C10H19NO2/c1-8(2)11-5-4-6-13-10(7-11)9(3)12/h8,10H,4-7H2,1-3H3/t10-/m0/s1. The highest BCUT2D eigenvalue weighted by Gasteiger charge is 2.23. The molecule has 0 aromatic rings. The zero-order chi connectivity index (χ0) is 9.84. The molecule has 13 heavy (non-hydrogen) atoms. The molecule has 1 aliphatic heterocycles. The average Bonchev–Trinajstić information content (AvgIpc) is 2.28. The van der Waals surface area contributed by atoms with E-state index < -0.39 is 0 Å². The molecule has 1 fully saturated rings. The second kappa shape index (κ2) is 4.72. The van der Waals surface area contributed by atoms with Crippen LogP contribution in [0.15, 0.2) is 0 Å². The van der Waals surface area contributed by atoms with Gasteiger partial charge in [-0.15, -0.1) is 0 Å². The van der Waals surface area contributed by atoms with Crippen molar-refractivity contribution in [2.45, 2.75) is 39.3 Å². The fourth-order valence-corrected chi connectivity index (χ4v) is 1.57. The molecule has 0 amide bonds. The van der Waals surface area contributed by atoms with Crippen molar-refractivity contribution in [1.82, 2.24) is 4.90 Å². The van der Waals surface area contributed by atoms with E-state index in [1.807, 2.05) is 0 Å². The van der Waals surface area contributed by atoms with E-state index in [9.17, 15) is 4.79 Å². The summed E-state index contributed by atoms with van der Waals surface area (Å²) >= 11 is 0. The Kier molecular flexibility index (Phi) is 3.88. The molecule has 1 rings (SSSR count). The number of hydrogen-bond acceptors (Lipinski definition) is 3. The molecule has 0 aromatic carbocycles. The summed E-state index contributed by atoms with van der Waals surface area (Å²) in [6.45, 7) is 8.43. The lowest BCUT2D eigenvalue weighted by molar-refractivity contribution is -0.128. The quantitative estimate of drug-likeness (QED) is 0.644. The number of carbonyl (C=O) groups excluding carboxylic acids is 1. The first-order chi connectivity index (χ1) is 6.11. The van der Waals surface area contributed by atoms with E-state index in [0.29, 0.717) is 12.6 Å². The normalized spacial score (nSPS) is 26.0. The van der Waals surface area contributed by atoms with E-state index in [4.69, 9.17) is 4.74 Å². The summed E-state index contributed by atoms with van der Waals surface area (Å²) in [6.07, 6.45) is 0.826. The minimum Gasteiger partial charge on any atom is -0.369 e. The second-order valence-electron chi connectivity index (χ2n) is 3.91. The largest absolute Gasteiger partial charge is 0.369 e. The fourth-order valence-electron chi connectivity index (χ4n) is 1.57. The first-order valence-electron chi connectivity index (χ1n) is 4.97. The maximum Gasteiger partial charge on any atom is 0.159 e. The molecule has 76 valence electrons. The fraction of sp³-hybridized carbons (Fsp3) is 0.900. The molecule has 3 nitrogen and oxygen atoms in total. The van der Waals surface area contributed by atoms with Crippen LogP contribution >= 0.6 is 0 Å². The molecule has 0 aliphatic carbocycles. The number of nitrogens with zero attached hydrogens (tertiary/aromatic N) is 1. The van der Waals surface area contributed by atoms with Gasteiger partial charge in [-0.2, -0.15) is 0 Å². The SMILES string of the molecule is CC(=O)[C@@H]1CN(C(C)C)CCCO1. The first-order valence-corrected chi connectivity index (χ1v) is 4.97. The van der Waals surface area contributed by atoms with Gasteiger partial charge in [0.2, 0.25) is 0 Å². The van der Waals surface area contributed by atoms with Gasteiger partial charge in [0.1, 0.15) is 6.10 Å². The van der Waals surface area contributed by atoms with Crippen molar-refractivity contribution in [2.75, 3.05) is 19.7 Å². The molecule has 1 atom stereocenters. The van der Waals surface area contributed by atoms with E-state index in [2.05, 4.69) is 18.7 Å². The smallest absolute Gasteiger partial charge is 0.159 e. The molecule has 0 unspecified atom stereocenters. The predicted molar refractivity (Wildman–Crippen MR) is 51.7 cm³/mol. The summed E-state index contributed by atoms with van der Waals surface area (Å²) in [5, 5.41) is 0. The van der Waals surface area contributed by atoms with Gasteiger partial charge in [-0.3, -0.25) is 9.69 Å². The molecular formula is C10H19NO2.